The minimum absolute atomic E-state index is 0.676. The second-order valence-corrected chi connectivity index (χ2v) is 5.90. The van der Waals surface area contributed by atoms with Gasteiger partial charge in [0, 0.05) is 24.5 Å². The first kappa shape index (κ1) is 14.1. The zero-order valence-corrected chi connectivity index (χ0v) is 13.3. The van der Waals surface area contributed by atoms with Crippen molar-refractivity contribution in [2.45, 2.75) is 52.7 Å². The Labute approximate surface area is 119 Å². The van der Waals surface area contributed by atoms with E-state index in [9.17, 15) is 0 Å². The van der Waals surface area contributed by atoms with Crippen LogP contribution in [0, 0.1) is 5.92 Å². The van der Waals surface area contributed by atoms with Crippen LogP contribution in [-0.2, 0) is 19.5 Å². The first-order valence-corrected chi connectivity index (χ1v) is 8.17. The normalized spacial score (nSPS) is 24.9. The predicted molar refractivity (Wildman–Crippen MR) is 79.1 cm³/mol. The molecular weight excluding hydrogens is 290 g/mol. The van der Waals surface area contributed by atoms with Crippen molar-refractivity contribution < 1.29 is 0 Å². The van der Waals surface area contributed by atoms with Crippen LogP contribution >= 0.6 is 15.9 Å². The van der Waals surface area contributed by atoms with Gasteiger partial charge in [0.2, 0.25) is 0 Å². The largest absolute Gasteiger partial charge is 0.293 e. The van der Waals surface area contributed by atoms with E-state index in [0.717, 1.165) is 30.8 Å². The standard InChI is InChI=1S/C14H24BrN3/c1-4-12-8-13(18(5-2)16-12)10-17-7-6-11(3)14(17)9-15/h8,11,14H,4-7,9-10H2,1-3H3. The van der Waals surface area contributed by atoms with Crippen LogP contribution < -0.4 is 0 Å². The summed E-state index contributed by atoms with van der Waals surface area (Å²) >= 11 is 3.66. The Morgan fingerprint density at radius 1 is 1.44 bits per heavy atom. The number of aryl methyl sites for hydroxylation is 2. The highest BCUT2D eigenvalue weighted by Crippen LogP contribution is 2.27. The quantitative estimate of drug-likeness (QED) is 0.779. The lowest BCUT2D eigenvalue weighted by molar-refractivity contribution is 0.237. The van der Waals surface area contributed by atoms with E-state index in [1.54, 1.807) is 0 Å². The molecule has 1 saturated heterocycles. The van der Waals surface area contributed by atoms with Crippen molar-refractivity contribution in [3.05, 3.63) is 17.5 Å². The average Bonchev–Trinajstić information content (AvgIpc) is 2.93. The van der Waals surface area contributed by atoms with E-state index in [1.807, 2.05) is 0 Å². The van der Waals surface area contributed by atoms with Crippen molar-refractivity contribution in [3.63, 3.8) is 0 Å². The Hall–Kier alpha value is -0.350. The fourth-order valence-electron chi connectivity index (χ4n) is 2.83. The molecule has 0 bridgehead atoms. The maximum absolute atomic E-state index is 4.64. The lowest BCUT2D eigenvalue weighted by Gasteiger charge is -2.25. The van der Waals surface area contributed by atoms with Gasteiger partial charge in [-0.1, -0.05) is 29.8 Å². The monoisotopic (exact) mass is 313 g/mol. The Kier molecular flexibility index (Phi) is 4.84. The van der Waals surface area contributed by atoms with Crippen molar-refractivity contribution >= 4 is 15.9 Å². The molecule has 1 fully saturated rings. The zero-order valence-electron chi connectivity index (χ0n) is 11.7. The van der Waals surface area contributed by atoms with E-state index in [0.29, 0.717) is 6.04 Å². The van der Waals surface area contributed by atoms with Gasteiger partial charge in [0.25, 0.3) is 0 Å². The Bertz CT molecular complexity index is 388. The fraction of sp³-hybridized carbons (Fsp3) is 0.786. The topological polar surface area (TPSA) is 21.1 Å². The van der Waals surface area contributed by atoms with Crippen LogP contribution in [0.2, 0.25) is 0 Å². The number of likely N-dealkylation sites (tertiary alicyclic amines) is 1. The molecule has 1 aromatic rings. The minimum atomic E-state index is 0.676. The van der Waals surface area contributed by atoms with Gasteiger partial charge in [0.15, 0.2) is 0 Å². The Balaban J connectivity index is 2.11. The second kappa shape index (κ2) is 6.20. The van der Waals surface area contributed by atoms with Gasteiger partial charge in [-0.2, -0.15) is 5.10 Å². The Morgan fingerprint density at radius 3 is 2.83 bits per heavy atom. The lowest BCUT2D eigenvalue weighted by atomic mass is 10.1. The highest BCUT2D eigenvalue weighted by molar-refractivity contribution is 9.09. The van der Waals surface area contributed by atoms with Gasteiger partial charge in [0.05, 0.1) is 11.4 Å². The number of halogens is 1. The molecule has 18 heavy (non-hydrogen) atoms. The summed E-state index contributed by atoms with van der Waals surface area (Å²) in [5.41, 5.74) is 2.59. The van der Waals surface area contributed by atoms with Crippen LogP contribution in [0.5, 0.6) is 0 Å². The molecule has 3 nitrogen and oxygen atoms in total. The first-order valence-electron chi connectivity index (χ1n) is 7.05. The SMILES string of the molecule is CCc1cc(CN2CCC(C)C2CBr)n(CC)n1. The summed E-state index contributed by atoms with van der Waals surface area (Å²) < 4.78 is 2.16. The van der Waals surface area contributed by atoms with Gasteiger partial charge in [-0.15, -0.1) is 0 Å². The molecule has 0 amide bonds. The van der Waals surface area contributed by atoms with Crippen LogP contribution in [0.4, 0.5) is 0 Å². The number of nitrogens with zero attached hydrogens (tertiary/aromatic N) is 3. The van der Waals surface area contributed by atoms with E-state index in [4.69, 9.17) is 0 Å². The fourth-order valence-corrected chi connectivity index (χ4v) is 3.88. The van der Waals surface area contributed by atoms with Crippen molar-refractivity contribution in [1.82, 2.24) is 14.7 Å². The van der Waals surface area contributed by atoms with Crippen LogP contribution in [0.3, 0.4) is 0 Å². The maximum atomic E-state index is 4.64. The molecule has 0 radical (unpaired) electrons. The van der Waals surface area contributed by atoms with E-state index >= 15 is 0 Å². The highest BCUT2D eigenvalue weighted by atomic mass is 79.9. The molecule has 2 unspecified atom stereocenters. The molecule has 102 valence electrons. The number of hydrogen-bond acceptors (Lipinski definition) is 2. The summed E-state index contributed by atoms with van der Waals surface area (Å²) in [7, 11) is 0. The van der Waals surface area contributed by atoms with Crippen molar-refractivity contribution in [2.75, 3.05) is 11.9 Å². The van der Waals surface area contributed by atoms with Gasteiger partial charge in [0.1, 0.15) is 0 Å². The summed E-state index contributed by atoms with van der Waals surface area (Å²) in [5, 5.41) is 5.72. The third kappa shape index (κ3) is 2.80. The molecule has 4 heteroatoms. The van der Waals surface area contributed by atoms with E-state index in [1.165, 1.54) is 24.4 Å². The number of rotatable bonds is 5. The molecule has 2 rings (SSSR count). The summed E-state index contributed by atoms with van der Waals surface area (Å²) in [4.78, 5) is 2.60. The third-order valence-corrected chi connectivity index (χ3v) is 4.76. The van der Waals surface area contributed by atoms with E-state index in [-0.39, 0.29) is 0 Å². The predicted octanol–water partition coefficient (Wildman–Crippen LogP) is 3.07. The first-order chi connectivity index (χ1) is 8.69. The molecular formula is C14H24BrN3. The Morgan fingerprint density at radius 2 is 2.22 bits per heavy atom. The van der Waals surface area contributed by atoms with Gasteiger partial charge in [-0.05, 0) is 38.3 Å². The van der Waals surface area contributed by atoms with Gasteiger partial charge in [-0.25, -0.2) is 0 Å². The van der Waals surface area contributed by atoms with Crippen LogP contribution in [-0.4, -0.2) is 32.6 Å². The van der Waals surface area contributed by atoms with Crippen molar-refractivity contribution in [2.24, 2.45) is 5.92 Å². The maximum Gasteiger partial charge on any atom is 0.0625 e. The van der Waals surface area contributed by atoms with Gasteiger partial charge < -0.3 is 0 Å². The van der Waals surface area contributed by atoms with E-state index < -0.39 is 0 Å². The van der Waals surface area contributed by atoms with Crippen LogP contribution in [0.1, 0.15) is 38.6 Å². The molecule has 1 aliphatic rings. The molecule has 0 N–H and O–H groups in total. The summed E-state index contributed by atoms with van der Waals surface area (Å²) in [6, 6.07) is 2.95. The smallest absolute Gasteiger partial charge is 0.0625 e. The van der Waals surface area contributed by atoms with Gasteiger partial charge >= 0.3 is 0 Å². The van der Waals surface area contributed by atoms with Gasteiger partial charge in [-0.3, -0.25) is 9.58 Å². The molecule has 2 heterocycles. The molecule has 1 aliphatic heterocycles. The number of aromatic nitrogens is 2. The molecule has 2 atom stereocenters. The third-order valence-electron chi connectivity index (χ3n) is 4.10. The van der Waals surface area contributed by atoms with Crippen LogP contribution in [0.15, 0.2) is 6.07 Å². The number of hydrogen-bond donors (Lipinski definition) is 0. The molecule has 0 spiro atoms. The molecule has 0 saturated carbocycles. The second-order valence-electron chi connectivity index (χ2n) is 5.25. The van der Waals surface area contributed by atoms with Crippen LogP contribution in [0.25, 0.3) is 0 Å². The highest BCUT2D eigenvalue weighted by Gasteiger charge is 2.30. The summed E-state index contributed by atoms with van der Waals surface area (Å²) in [6.07, 6.45) is 2.34. The molecule has 0 aliphatic carbocycles. The summed E-state index contributed by atoms with van der Waals surface area (Å²) in [6.45, 7) is 9.93. The zero-order chi connectivity index (χ0) is 13.1. The van der Waals surface area contributed by atoms with E-state index in [2.05, 4.69) is 57.4 Å². The number of alkyl halides is 1. The lowest BCUT2D eigenvalue weighted by Crippen LogP contribution is -2.33. The van der Waals surface area contributed by atoms with Crippen molar-refractivity contribution in [3.8, 4) is 0 Å². The molecule has 0 aromatic carbocycles. The summed E-state index contributed by atoms with van der Waals surface area (Å²) in [5.74, 6) is 0.799. The molecule has 1 aromatic heterocycles. The van der Waals surface area contributed by atoms with Crippen molar-refractivity contribution in [1.29, 1.82) is 0 Å². The average molecular weight is 314 g/mol. The minimum Gasteiger partial charge on any atom is -0.293 e.